The van der Waals surface area contributed by atoms with Crippen LogP contribution in [-0.2, 0) is 5.60 Å². The van der Waals surface area contributed by atoms with Crippen LogP contribution in [0.5, 0.6) is 5.75 Å². The van der Waals surface area contributed by atoms with Gasteiger partial charge in [-0.3, -0.25) is 4.79 Å². The monoisotopic (exact) mass is 315 g/mol. The molecular formula is C16H17N3O4. The first-order chi connectivity index (χ1) is 10.9. The predicted molar refractivity (Wildman–Crippen MR) is 82.0 cm³/mol. The Hall–Kier alpha value is -2.51. The first kappa shape index (κ1) is 15.4. The fourth-order valence-electron chi connectivity index (χ4n) is 3.06. The lowest BCUT2D eigenvalue weighted by Gasteiger charge is -2.37. The van der Waals surface area contributed by atoms with Crippen LogP contribution in [0, 0.1) is 6.92 Å². The van der Waals surface area contributed by atoms with Gasteiger partial charge in [0.25, 0.3) is 0 Å². The molecule has 1 aromatic heterocycles. The number of carbonyl (C=O) groups is 1. The van der Waals surface area contributed by atoms with Gasteiger partial charge in [0, 0.05) is 12.0 Å². The number of aliphatic hydroxyl groups excluding tert-OH is 1. The van der Waals surface area contributed by atoms with E-state index in [1.54, 1.807) is 31.2 Å². The van der Waals surface area contributed by atoms with E-state index in [0.717, 1.165) is 0 Å². The van der Waals surface area contributed by atoms with Crippen LogP contribution in [0.1, 0.15) is 39.8 Å². The van der Waals surface area contributed by atoms with Crippen molar-refractivity contribution in [3.05, 3.63) is 46.8 Å². The molecule has 3 rings (SSSR count). The topological polar surface area (TPSA) is 119 Å². The van der Waals surface area contributed by atoms with Gasteiger partial charge in [-0.25, -0.2) is 9.97 Å². The minimum absolute atomic E-state index is 0.0413. The van der Waals surface area contributed by atoms with Crippen LogP contribution in [0.25, 0.3) is 0 Å². The number of carbonyl (C=O) groups excluding carboxylic acids is 1. The van der Waals surface area contributed by atoms with Crippen LogP contribution in [0.4, 0.5) is 5.95 Å². The van der Waals surface area contributed by atoms with Gasteiger partial charge in [0.15, 0.2) is 5.78 Å². The van der Waals surface area contributed by atoms with E-state index in [9.17, 15) is 15.0 Å². The zero-order valence-corrected chi connectivity index (χ0v) is 12.8. The molecule has 1 aromatic carbocycles. The third-order valence-corrected chi connectivity index (χ3v) is 4.13. The van der Waals surface area contributed by atoms with Crippen LogP contribution in [0.3, 0.4) is 0 Å². The van der Waals surface area contributed by atoms with E-state index >= 15 is 0 Å². The number of nitrogen functional groups attached to an aromatic ring is 1. The maximum atomic E-state index is 12.5. The predicted octanol–water partition coefficient (Wildman–Crippen LogP) is 0.883. The largest absolute Gasteiger partial charge is 0.496 e. The molecule has 0 saturated carbocycles. The Bertz CT molecular complexity index is 793. The van der Waals surface area contributed by atoms with Gasteiger partial charge in [-0.2, -0.15) is 0 Å². The molecule has 2 unspecified atom stereocenters. The van der Waals surface area contributed by atoms with E-state index in [0.29, 0.717) is 17.0 Å². The highest BCUT2D eigenvalue weighted by Crippen LogP contribution is 2.46. The van der Waals surface area contributed by atoms with Crippen molar-refractivity contribution in [2.24, 2.45) is 0 Å². The molecule has 0 bridgehead atoms. The maximum Gasteiger partial charge on any atom is 0.220 e. The van der Waals surface area contributed by atoms with Crippen molar-refractivity contribution < 1.29 is 19.7 Å². The lowest BCUT2D eigenvalue weighted by molar-refractivity contribution is -0.0897. The third kappa shape index (κ3) is 2.25. The number of aromatic nitrogens is 2. The van der Waals surface area contributed by atoms with Crippen LogP contribution in [-0.4, -0.2) is 33.1 Å². The zero-order valence-electron chi connectivity index (χ0n) is 12.8. The standard InChI is InChI=1S/C16H17N3O4/c1-8-12-10(20)7-16(22,9-5-3-4-6-11(9)23-2)14(21)13(12)19-15(17)18-8/h3-6,14,21-22H,7H2,1-2H3,(H2,17,18,19). The van der Waals surface area contributed by atoms with Crippen molar-refractivity contribution >= 4 is 11.7 Å². The average molecular weight is 315 g/mol. The smallest absolute Gasteiger partial charge is 0.220 e. The Kier molecular flexibility index (Phi) is 3.54. The molecule has 0 aliphatic heterocycles. The summed E-state index contributed by atoms with van der Waals surface area (Å²) in [6.45, 7) is 1.62. The minimum atomic E-state index is -1.84. The number of benzene rings is 1. The molecule has 23 heavy (non-hydrogen) atoms. The average Bonchev–Trinajstić information content (AvgIpc) is 2.51. The van der Waals surface area contributed by atoms with E-state index in [-0.39, 0.29) is 29.4 Å². The fraction of sp³-hybridized carbons (Fsp3) is 0.312. The Labute approximate surface area is 132 Å². The van der Waals surface area contributed by atoms with Crippen molar-refractivity contribution in [1.29, 1.82) is 0 Å². The van der Waals surface area contributed by atoms with Crippen LogP contribution >= 0.6 is 0 Å². The summed E-state index contributed by atoms with van der Waals surface area (Å²) in [7, 11) is 1.46. The molecule has 0 radical (unpaired) electrons. The van der Waals surface area contributed by atoms with Gasteiger partial charge in [-0.1, -0.05) is 18.2 Å². The van der Waals surface area contributed by atoms with E-state index in [1.807, 2.05) is 0 Å². The first-order valence-electron chi connectivity index (χ1n) is 7.09. The summed E-state index contributed by atoms with van der Waals surface area (Å²) in [5.74, 6) is -0.0300. The summed E-state index contributed by atoms with van der Waals surface area (Å²) in [5.41, 5.74) is 4.75. The Morgan fingerprint density at radius 1 is 1.35 bits per heavy atom. The molecular weight excluding hydrogens is 298 g/mol. The van der Waals surface area contributed by atoms with E-state index in [2.05, 4.69) is 9.97 Å². The zero-order chi connectivity index (χ0) is 16.8. The van der Waals surface area contributed by atoms with E-state index in [4.69, 9.17) is 10.5 Å². The maximum absolute atomic E-state index is 12.5. The molecule has 7 heteroatoms. The van der Waals surface area contributed by atoms with Gasteiger partial charge < -0.3 is 20.7 Å². The lowest BCUT2D eigenvalue weighted by atomic mass is 9.75. The number of Topliss-reactive ketones (excluding diaryl/α,β-unsaturated/α-hetero) is 1. The van der Waals surface area contributed by atoms with Gasteiger partial charge in [0.2, 0.25) is 5.95 Å². The second kappa shape index (κ2) is 5.29. The molecule has 0 fully saturated rings. The normalized spacial score (nSPS) is 23.5. The van der Waals surface area contributed by atoms with Crippen molar-refractivity contribution in [3.63, 3.8) is 0 Å². The highest BCUT2D eigenvalue weighted by atomic mass is 16.5. The molecule has 2 atom stereocenters. The van der Waals surface area contributed by atoms with Gasteiger partial charge in [-0.05, 0) is 13.0 Å². The molecule has 0 spiro atoms. The van der Waals surface area contributed by atoms with Crippen molar-refractivity contribution in [1.82, 2.24) is 9.97 Å². The number of ether oxygens (including phenoxy) is 1. The number of methoxy groups -OCH3 is 1. The van der Waals surface area contributed by atoms with Gasteiger partial charge in [0.05, 0.1) is 24.1 Å². The summed E-state index contributed by atoms with van der Waals surface area (Å²) in [4.78, 5) is 20.5. The van der Waals surface area contributed by atoms with Crippen molar-refractivity contribution in [2.75, 3.05) is 12.8 Å². The number of nitrogens with zero attached hydrogens (tertiary/aromatic N) is 2. The molecule has 1 aliphatic carbocycles. The number of para-hydroxylation sites is 1. The Morgan fingerprint density at radius 3 is 2.74 bits per heavy atom. The number of rotatable bonds is 2. The van der Waals surface area contributed by atoms with Gasteiger partial charge >= 0.3 is 0 Å². The quantitative estimate of drug-likeness (QED) is 0.752. The molecule has 120 valence electrons. The molecule has 0 amide bonds. The highest BCUT2D eigenvalue weighted by Gasteiger charge is 2.49. The Morgan fingerprint density at radius 2 is 2.04 bits per heavy atom. The van der Waals surface area contributed by atoms with E-state index in [1.165, 1.54) is 7.11 Å². The van der Waals surface area contributed by atoms with Gasteiger partial charge in [-0.15, -0.1) is 0 Å². The Balaban J connectivity index is 2.21. The minimum Gasteiger partial charge on any atom is -0.496 e. The summed E-state index contributed by atoms with van der Waals surface area (Å²) >= 11 is 0. The van der Waals surface area contributed by atoms with Crippen LogP contribution in [0.15, 0.2) is 24.3 Å². The number of hydrogen-bond acceptors (Lipinski definition) is 7. The van der Waals surface area contributed by atoms with Gasteiger partial charge in [0.1, 0.15) is 17.5 Å². The summed E-state index contributed by atoms with van der Waals surface area (Å²) < 4.78 is 5.24. The molecule has 1 heterocycles. The highest BCUT2D eigenvalue weighted by molar-refractivity contribution is 6.00. The molecule has 2 aromatic rings. The lowest BCUT2D eigenvalue weighted by Crippen LogP contribution is -2.42. The molecule has 4 N–H and O–H groups in total. The van der Waals surface area contributed by atoms with Crippen molar-refractivity contribution in [3.8, 4) is 5.75 Å². The third-order valence-electron chi connectivity index (χ3n) is 4.13. The summed E-state index contributed by atoms with van der Waals surface area (Å²) in [6, 6.07) is 6.69. The van der Waals surface area contributed by atoms with Crippen molar-refractivity contribution in [2.45, 2.75) is 25.0 Å². The molecule has 1 aliphatic rings. The second-order valence-corrected chi connectivity index (χ2v) is 5.55. The first-order valence-corrected chi connectivity index (χ1v) is 7.09. The summed E-state index contributed by atoms with van der Waals surface area (Å²) in [5, 5.41) is 21.8. The van der Waals surface area contributed by atoms with E-state index < -0.39 is 11.7 Å². The van der Waals surface area contributed by atoms with Crippen LogP contribution < -0.4 is 10.5 Å². The molecule has 0 saturated heterocycles. The second-order valence-electron chi connectivity index (χ2n) is 5.55. The molecule has 7 nitrogen and oxygen atoms in total. The summed E-state index contributed by atoms with van der Waals surface area (Å²) in [6.07, 6.45) is -1.72. The number of ketones is 1. The number of fused-ring (bicyclic) bond motifs is 1. The van der Waals surface area contributed by atoms with Crippen LogP contribution in [0.2, 0.25) is 0 Å². The number of anilines is 1. The number of aliphatic hydroxyl groups is 2. The number of aryl methyl sites for hydroxylation is 1. The fourth-order valence-corrected chi connectivity index (χ4v) is 3.06. The number of hydrogen-bond donors (Lipinski definition) is 3. The SMILES string of the molecule is COc1ccccc1C1(O)CC(=O)c2c(C)nc(N)nc2C1O. The number of nitrogens with two attached hydrogens (primary N) is 1.